The van der Waals surface area contributed by atoms with Crippen LogP contribution < -0.4 is 16.2 Å². The number of rotatable bonds is 4. The third-order valence-electron chi connectivity index (χ3n) is 3.31. The molecule has 0 radical (unpaired) electrons. The van der Waals surface area contributed by atoms with Crippen LogP contribution in [0.3, 0.4) is 0 Å². The second kappa shape index (κ2) is 8.13. The van der Waals surface area contributed by atoms with Crippen molar-refractivity contribution in [1.82, 2.24) is 16.2 Å². The highest BCUT2D eigenvalue weighted by Gasteiger charge is 2.14. The van der Waals surface area contributed by atoms with Crippen molar-refractivity contribution < 1.29 is 4.79 Å². The standard InChI is InChI=1S/C17H27N3OS/c1-12(2)10-11-18-16(22)20-19-15(21)13-6-8-14(9-7-13)17(3,4)5/h6-9,12H,10-11H2,1-5H3,(H,19,21)(H2,18,20,22). The van der Waals surface area contributed by atoms with Crippen molar-refractivity contribution in [2.24, 2.45) is 5.92 Å². The van der Waals surface area contributed by atoms with Gasteiger partial charge in [0.2, 0.25) is 0 Å². The van der Waals surface area contributed by atoms with E-state index in [1.165, 1.54) is 5.56 Å². The van der Waals surface area contributed by atoms with Crippen molar-refractivity contribution >= 4 is 23.2 Å². The summed E-state index contributed by atoms with van der Waals surface area (Å²) in [6.07, 6.45) is 1.03. The lowest BCUT2D eigenvalue weighted by Gasteiger charge is -2.19. The van der Waals surface area contributed by atoms with Crippen molar-refractivity contribution in [1.29, 1.82) is 0 Å². The number of hydrogen-bond acceptors (Lipinski definition) is 2. The molecule has 0 aromatic heterocycles. The molecule has 4 nitrogen and oxygen atoms in total. The summed E-state index contributed by atoms with van der Waals surface area (Å²) in [5.41, 5.74) is 7.20. The monoisotopic (exact) mass is 321 g/mol. The van der Waals surface area contributed by atoms with Crippen LogP contribution in [0, 0.1) is 5.92 Å². The quantitative estimate of drug-likeness (QED) is 0.589. The summed E-state index contributed by atoms with van der Waals surface area (Å²) in [5, 5.41) is 3.49. The number of hydrazine groups is 1. The van der Waals surface area contributed by atoms with E-state index in [0.29, 0.717) is 16.6 Å². The van der Waals surface area contributed by atoms with Gasteiger partial charge >= 0.3 is 0 Å². The van der Waals surface area contributed by atoms with Crippen molar-refractivity contribution in [2.45, 2.75) is 46.5 Å². The molecule has 1 aromatic rings. The predicted molar refractivity (Wildman–Crippen MR) is 95.8 cm³/mol. The fourth-order valence-corrected chi connectivity index (χ4v) is 1.98. The number of benzene rings is 1. The van der Waals surface area contributed by atoms with E-state index in [2.05, 4.69) is 50.8 Å². The van der Waals surface area contributed by atoms with Crippen molar-refractivity contribution in [3.05, 3.63) is 35.4 Å². The number of nitrogens with one attached hydrogen (secondary N) is 3. The van der Waals surface area contributed by atoms with Gasteiger partial charge < -0.3 is 5.32 Å². The van der Waals surface area contributed by atoms with Gasteiger partial charge in [-0.2, -0.15) is 0 Å². The van der Waals surface area contributed by atoms with E-state index >= 15 is 0 Å². The average Bonchev–Trinajstić information content (AvgIpc) is 2.43. The van der Waals surface area contributed by atoms with Crippen molar-refractivity contribution in [3.63, 3.8) is 0 Å². The van der Waals surface area contributed by atoms with Crippen molar-refractivity contribution in [3.8, 4) is 0 Å². The number of carbonyl (C=O) groups is 1. The van der Waals surface area contributed by atoms with Crippen LogP contribution in [-0.2, 0) is 5.41 Å². The Bertz CT molecular complexity index is 504. The van der Waals surface area contributed by atoms with E-state index in [1.54, 1.807) is 0 Å². The van der Waals surface area contributed by atoms with Gasteiger partial charge in [0.1, 0.15) is 0 Å². The Morgan fingerprint density at radius 3 is 2.23 bits per heavy atom. The average molecular weight is 321 g/mol. The summed E-state index contributed by atoms with van der Waals surface area (Å²) < 4.78 is 0. The fourth-order valence-electron chi connectivity index (χ4n) is 1.83. The first-order chi connectivity index (χ1) is 10.2. The normalized spacial score (nSPS) is 11.2. The SMILES string of the molecule is CC(C)CCNC(=S)NNC(=O)c1ccc(C(C)(C)C)cc1. The highest BCUT2D eigenvalue weighted by Crippen LogP contribution is 2.22. The molecule has 0 aliphatic rings. The lowest BCUT2D eigenvalue weighted by Crippen LogP contribution is -2.47. The van der Waals surface area contributed by atoms with Crippen LogP contribution in [0.4, 0.5) is 0 Å². The zero-order valence-electron chi connectivity index (χ0n) is 14.1. The lowest BCUT2D eigenvalue weighted by molar-refractivity contribution is 0.0943. The minimum atomic E-state index is -0.200. The van der Waals surface area contributed by atoms with E-state index in [1.807, 2.05) is 24.3 Å². The zero-order valence-corrected chi connectivity index (χ0v) is 14.9. The summed E-state index contributed by atoms with van der Waals surface area (Å²) in [4.78, 5) is 12.0. The summed E-state index contributed by atoms with van der Waals surface area (Å²) >= 11 is 5.11. The molecule has 1 rings (SSSR count). The maximum absolute atomic E-state index is 12.0. The third kappa shape index (κ3) is 6.43. The highest BCUT2D eigenvalue weighted by atomic mass is 32.1. The number of amides is 1. The second-order valence-electron chi connectivity index (χ2n) is 6.84. The van der Waals surface area contributed by atoms with Gasteiger partial charge in [0.15, 0.2) is 5.11 Å². The van der Waals surface area contributed by atoms with Gasteiger partial charge in [0.05, 0.1) is 0 Å². The minimum absolute atomic E-state index is 0.0785. The maximum atomic E-state index is 12.0. The molecule has 0 heterocycles. The van der Waals surface area contributed by atoms with Crippen LogP contribution in [0.25, 0.3) is 0 Å². The van der Waals surface area contributed by atoms with Gasteiger partial charge in [-0.3, -0.25) is 15.6 Å². The third-order valence-corrected chi connectivity index (χ3v) is 3.56. The molecule has 3 N–H and O–H groups in total. The zero-order chi connectivity index (χ0) is 16.8. The van der Waals surface area contributed by atoms with E-state index < -0.39 is 0 Å². The topological polar surface area (TPSA) is 53.2 Å². The van der Waals surface area contributed by atoms with Crippen molar-refractivity contribution in [2.75, 3.05) is 6.54 Å². The molecule has 0 saturated carbocycles. The largest absolute Gasteiger partial charge is 0.361 e. The van der Waals surface area contributed by atoms with Crippen LogP contribution in [0.1, 0.15) is 57.0 Å². The van der Waals surface area contributed by atoms with Crippen LogP contribution in [-0.4, -0.2) is 17.6 Å². The van der Waals surface area contributed by atoms with Crippen LogP contribution in [0.2, 0.25) is 0 Å². The molecule has 1 amide bonds. The first-order valence-electron chi connectivity index (χ1n) is 7.65. The molecule has 0 bridgehead atoms. The van der Waals surface area contributed by atoms with Gasteiger partial charge in [-0.1, -0.05) is 46.8 Å². The van der Waals surface area contributed by atoms with E-state index in [4.69, 9.17) is 12.2 Å². The first kappa shape index (κ1) is 18.4. The predicted octanol–water partition coefficient (Wildman–Crippen LogP) is 3.14. The Hall–Kier alpha value is -1.62. The van der Waals surface area contributed by atoms with Gasteiger partial charge in [-0.15, -0.1) is 0 Å². The van der Waals surface area contributed by atoms with Gasteiger partial charge in [-0.25, -0.2) is 0 Å². The Kier molecular flexibility index (Phi) is 6.81. The summed E-state index contributed by atoms with van der Waals surface area (Å²) in [5.74, 6) is 0.416. The van der Waals surface area contributed by atoms with Gasteiger partial charge in [-0.05, 0) is 47.7 Å². The molecule has 122 valence electrons. The molecule has 5 heteroatoms. The van der Waals surface area contributed by atoms with E-state index in [-0.39, 0.29) is 11.3 Å². The van der Waals surface area contributed by atoms with Crippen LogP contribution >= 0.6 is 12.2 Å². The highest BCUT2D eigenvalue weighted by molar-refractivity contribution is 7.80. The molecular weight excluding hydrogens is 294 g/mol. The molecule has 0 aliphatic heterocycles. The van der Waals surface area contributed by atoms with Gasteiger partial charge in [0, 0.05) is 12.1 Å². The lowest BCUT2D eigenvalue weighted by atomic mass is 9.87. The molecule has 0 atom stereocenters. The molecule has 0 aliphatic carbocycles. The number of carbonyl (C=O) groups excluding carboxylic acids is 1. The Morgan fingerprint density at radius 1 is 1.14 bits per heavy atom. The fraction of sp³-hybridized carbons (Fsp3) is 0.529. The first-order valence-corrected chi connectivity index (χ1v) is 8.05. The Balaban J connectivity index is 2.44. The Labute approximate surface area is 139 Å². The molecule has 0 spiro atoms. The molecule has 0 fully saturated rings. The summed E-state index contributed by atoms with van der Waals surface area (Å²) in [6, 6.07) is 7.61. The molecular formula is C17H27N3OS. The second-order valence-corrected chi connectivity index (χ2v) is 7.25. The van der Waals surface area contributed by atoms with Crippen LogP contribution in [0.15, 0.2) is 24.3 Å². The number of hydrogen-bond donors (Lipinski definition) is 3. The molecule has 0 saturated heterocycles. The Morgan fingerprint density at radius 2 is 1.73 bits per heavy atom. The maximum Gasteiger partial charge on any atom is 0.269 e. The minimum Gasteiger partial charge on any atom is -0.361 e. The van der Waals surface area contributed by atoms with E-state index in [0.717, 1.165) is 13.0 Å². The summed E-state index contributed by atoms with van der Waals surface area (Å²) in [6.45, 7) is 11.5. The summed E-state index contributed by atoms with van der Waals surface area (Å²) in [7, 11) is 0. The number of thiocarbonyl (C=S) groups is 1. The van der Waals surface area contributed by atoms with Gasteiger partial charge in [0.25, 0.3) is 5.91 Å². The van der Waals surface area contributed by atoms with E-state index in [9.17, 15) is 4.79 Å². The molecule has 22 heavy (non-hydrogen) atoms. The smallest absolute Gasteiger partial charge is 0.269 e. The van der Waals surface area contributed by atoms with Crippen LogP contribution in [0.5, 0.6) is 0 Å². The molecule has 0 unspecified atom stereocenters. The molecule has 1 aromatic carbocycles.